The van der Waals surface area contributed by atoms with Crippen LogP contribution < -0.4 is 5.32 Å². The molecule has 5 heteroatoms. The molecule has 0 atom stereocenters. The molecule has 0 aromatic heterocycles. The molecule has 0 saturated heterocycles. The van der Waals surface area contributed by atoms with E-state index >= 15 is 0 Å². The minimum Gasteiger partial charge on any atom is -0.478 e. The molecule has 0 aliphatic heterocycles. The molecule has 0 aromatic rings. The summed E-state index contributed by atoms with van der Waals surface area (Å²) >= 11 is 0. The molecular formula is C8H14N2O3. The molecule has 0 radical (unpaired) electrons. The smallest absolute Gasteiger partial charge is 0.328 e. The molecule has 0 unspecified atom stereocenters. The first-order valence-electron chi connectivity index (χ1n) is 3.85. The van der Waals surface area contributed by atoms with Gasteiger partial charge in [-0.1, -0.05) is 6.08 Å². The third-order valence-corrected chi connectivity index (χ3v) is 1.37. The van der Waals surface area contributed by atoms with Crippen molar-refractivity contribution in [3.05, 3.63) is 12.2 Å². The Morgan fingerprint density at radius 3 is 2.62 bits per heavy atom. The van der Waals surface area contributed by atoms with Crippen LogP contribution in [0.25, 0.3) is 0 Å². The molecular weight excluding hydrogens is 172 g/mol. The van der Waals surface area contributed by atoms with Gasteiger partial charge in [0.25, 0.3) is 0 Å². The number of aliphatic carboxylic acids is 1. The van der Waals surface area contributed by atoms with Gasteiger partial charge in [-0.25, -0.2) is 4.79 Å². The fraction of sp³-hybridized carbons (Fsp3) is 0.500. The largest absolute Gasteiger partial charge is 0.478 e. The summed E-state index contributed by atoms with van der Waals surface area (Å²) in [6.07, 6.45) is 2.55. The van der Waals surface area contributed by atoms with Crippen molar-refractivity contribution in [3.63, 3.8) is 0 Å². The number of carbonyl (C=O) groups is 2. The van der Waals surface area contributed by atoms with Crippen LogP contribution in [0.2, 0.25) is 0 Å². The van der Waals surface area contributed by atoms with E-state index in [9.17, 15) is 9.59 Å². The predicted octanol–water partition coefficient (Wildman–Crippen LogP) is -0.695. The monoisotopic (exact) mass is 186 g/mol. The summed E-state index contributed by atoms with van der Waals surface area (Å²) < 4.78 is 0. The van der Waals surface area contributed by atoms with E-state index in [1.54, 1.807) is 19.0 Å². The molecule has 0 rings (SSSR count). The predicted molar refractivity (Wildman–Crippen MR) is 48.3 cm³/mol. The lowest BCUT2D eigenvalue weighted by atomic mass is 10.4. The van der Waals surface area contributed by atoms with Gasteiger partial charge in [-0.05, 0) is 7.05 Å². The van der Waals surface area contributed by atoms with E-state index in [4.69, 9.17) is 5.11 Å². The lowest BCUT2D eigenvalue weighted by molar-refractivity contribution is -0.131. The zero-order valence-electron chi connectivity index (χ0n) is 7.78. The van der Waals surface area contributed by atoms with Crippen molar-refractivity contribution in [3.8, 4) is 0 Å². The maximum Gasteiger partial charge on any atom is 0.328 e. The van der Waals surface area contributed by atoms with Crippen LogP contribution in [-0.2, 0) is 9.59 Å². The molecule has 0 saturated carbocycles. The van der Waals surface area contributed by atoms with Gasteiger partial charge in [-0.2, -0.15) is 0 Å². The summed E-state index contributed by atoms with van der Waals surface area (Å²) in [5.74, 6) is -1.07. The summed E-state index contributed by atoms with van der Waals surface area (Å²) in [5.41, 5.74) is 0. The van der Waals surface area contributed by atoms with Crippen molar-refractivity contribution in [2.75, 3.05) is 27.2 Å². The molecule has 0 heterocycles. The first-order chi connectivity index (χ1) is 6.06. The second kappa shape index (κ2) is 6.19. The number of nitrogens with zero attached hydrogens (tertiary/aromatic N) is 1. The van der Waals surface area contributed by atoms with Gasteiger partial charge in [0.05, 0.1) is 6.54 Å². The lowest BCUT2D eigenvalue weighted by Crippen LogP contribution is -2.33. The van der Waals surface area contributed by atoms with Gasteiger partial charge < -0.3 is 10.4 Å². The van der Waals surface area contributed by atoms with Gasteiger partial charge in [-0.3, -0.25) is 9.69 Å². The van der Waals surface area contributed by atoms with Gasteiger partial charge in [0.15, 0.2) is 0 Å². The normalized spacial score (nSPS) is 10.7. The number of carbonyl (C=O) groups excluding carboxylic acids is 1. The molecule has 0 aliphatic rings. The number of hydrogen-bond acceptors (Lipinski definition) is 3. The number of rotatable bonds is 5. The number of carboxylic acid groups (broad SMARTS) is 1. The van der Waals surface area contributed by atoms with Crippen LogP contribution in [0.4, 0.5) is 0 Å². The minimum atomic E-state index is -0.978. The summed E-state index contributed by atoms with van der Waals surface area (Å²) in [5, 5.41) is 10.7. The standard InChI is InChI=1S/C8H14N2O3/c1-9-7(11)6-10(2)5-3-4-8(12)13/h3-4H,5-6H2,1-2H3,(H,9,11)(H,12,13). The first-order valence-corrected chi connectivity index (χ1v) is 3.85. The highest BCUT2D eigenvalue weighted by Crippen LogP contribution is 1.83. The van der Waals surface area contributed by atoms with Crippen molar-refractivity contribution in [2.24, 2.45) is 0 Å². The summed E-state index contributed by atoms with van der Waals surface area (Å²) in [7, 11) is 3.30. The number of amides is 1. The Kier molecular flexibility index (Phi) is 5.54. The maximum absolute atomic E-state index is 10.8. The van der Waals surface area contributed by atoms with Crippen molar-refractivity contribution in [1.82, 2.24) is 10.2 Å². The Balaban J connectivity index is 3.68. The van der Waals surface area contributed by atoms with E-state index in [1.165, 1.54) is 6.08 Å². The van der Waals surface area contributed by atoms with Crippen LogP contribution >= 0.6 is 0 Å². The van der Waals surface area contributed by atoms with Crippen molar-refractivity contribution in [2.45, 2.75) is 0 Å². The average Bonchev–Trinajstić information content (AvgIpc) is 2.03. The zero-order chi connectivity index (χ0) is 10.3. The first kappa shape index (κ1) is 11.6. The third-order valence-electron chi connectivity index (χ3n) is 1.37. The quantitative estimate of drug-likeness (QED) is 0.557. The Hall–Kier alpha value is -1.36. The van der Waals surface area contributed by atoms with Crippen LogP contribution in [0.3, 0.4) is 0 Å². The molecule has 74 valence electrons. The number of carboxylic acids is 1. The Morgan fingerprint density at radius 2 is 2.15 bits per heavy atom. The Labute approximate surface area is 77.0 Å². The highest BCUT2D eigenvalue weighted by Gasteiger charge is 2.01. The maximum atomic E-state index is 10.8. The number of nitrogens with one attached hydrogen (secondary N) is 1. The summed E-state index contributed by atoms with van der Waals surface area (Å²) in [6, 6.07) is 0. The van der Waals surface area contributed by atoms with Gasteiger partial charge in [0.1, 0.15) is 0 Å². The minimum absolute atomic E-state index is 0.0915. The SMILES string of the molecule is CNC(=O)CN(C)CC=CC(=O)O. The molecule has 0 aromatic carbocycles. The average molecular weight is 186 g/mol. The van der Waals surface area contributed by atoms with Gasteiger partial charge in [-0.15, -0.1) is 0 Å². The molecule has 2 N–H and O–H groups in total. The van der Waals surface area contributed by atoms with Gasteiger partial charge in [0.2, 0.25) is 5.91 Å². The number of likely N-dealkylation sites (N-methyl/N-ethyl adjacent to an activating group) is 2. The fourth-order valence-electron chi connectivity index (χ4n) is 0.722. The van der Waals surface area contributed by atoms with E-state index in [2.05, 4.69) is 5.32 Å². The van der Waals surface area contributed by atoms with Gasteiger partial charge in [0, 0.05) is 19.7 Å². The zero-order valence-corrected chi connectivity index (χ0v) is 7.78. The highest BCUT2D eigenvalue weighted by molar-refractivity contribution is 5.79. The van der Waals surface area contributed by atoms with Crippen LogP contribution in [0.5, 0.6) is 0 Å². The topological polar surface area (TPSA) is 69.6 Å². The number of hydrogen-bond donors (Lipinski definition) is 2. The van der Waals surface area contributed by atoms with Crippen LogP contribution in [-0.4, -0.2) is 49.1 Å². The fourth-order valence-corrected chi connectivity index (χ4v) is 0.722. The highest BCUT2D eigenvalue weighted by atomic mass is 16.4. The van der Waals surface area contributed by atoms with E-state index < -0.39 is 5.97 Å². The van der Waals surface area contributed by atoms with Crippen molar-refractivity contribution >= 4 is 11.9 Å². The second-order valence-corrected chi connectivity index (χ2v) is 2.61. The van der Waals surface area contributed by atoms with E-state index in [1.807, 2.05) is 0 Å². The van der Waals surface area contributed by atoms with E-state index in [-0.39, 0.29) is 12.5 Å². The van der Waals surface area contributed by atoms with Crippen LogP contribution in [0, 0.1) is 0 Å². The summed E-state index contributed by atoms with van der Waals surface area (Å²) in [4.78, 5) is 22.6. The molecule has 5 nitrogen and oxygen atoms in total. The van der Waals surface area contributed by atoms with Crippen LogP contribution in [0.1, 0.15) is 0 Å². The van der Waals surface area contributed by atoms with Gasteiger partial charge >= 0.3 is 5.97 Å². The molecule has 0 spiro atoms. The summed E-state index contributed by atoms with van der Waals surface area (Å²) in [6.45, 7) is 0.709. The van der Waals surface area contributed by atoms with E-state index in [0.29, 0.717) is 6.54 Å². The Bertz CT molecular complexity index is 213. The van der Waals surface area contributed by atoms with Crippen molar-refractivity contribution < 1.29 is 14.7 Å². The molecule has 0 bridgehead atoms. The molecule has 13 heavy (non-hydrogen) atoms. The second-order valence-electron chi connectivity index (χ2n) is 2.61. The molecule has 0 fully saturated rings. The molecule has 0 aliphatic carbocycles. The Morgan fingerprint density at radius 1 is 1.54 bits per heavy atom. The van der Waals surface area contributed by atoms with Crippen molar-refractivity contribution in [1.29, 1.82) is 0 Å². The molecule has 1 amide bonds. The lowest BCUT2D eigenvalue weighted by Gasteiger charge is -2.11. The van der Waals surface area contributed by atoms with Crippen LogP contribution in [0.15, 0.2) is 12.2 Å². The van der Waals surface area contributed by atoms with E-state index in [0.717, 1.165) is 6.08 Å². The third kappa shape index (κ3) is 7.02.